The van der Waals surface area contributed by atoms with Crippen LogP contribution in [-0.4, -0.2) is 18.0 Å². The van der Waals surface area contributed by atoms with Crippen LogP contribution in [0.3, 0.4) is 0 Å². The van der Waals surface area contributed by atoms with Gasteiger partial charge in [-0.25, -0.2) is 0 Å². The number of nitrogens with two attached hydrogens (primary N) is 1. The minimum Gasteiger partial charge on any atom is -0.326 e. The molecule has 0 spiro atoms. The van der Waals surface area contributed by atoms with Crippen LogP contribution in [0, 0.1) is 11.8 Å². The molecule has 1 aromatic rings. The second-order valence-electron chi connectivity index (χ2n) is 5.50. The molecule has 1 fully saturated rings. The highest BCUT2D eigenvalue weighted by molar-refractivity contribution is 5.23. The fourth-order valence-corrected chi connectivity index (χ4v) is 2.61. The number of hydrogen-bond acceptors (Lipinski definition) is 2. The predicted octanol–water partition coefficient (Wildman–Crippen LogP) is 2.62. The number of rotatable bonds is 3. The third-order valence-corrected chi connectivity index (χ3v) is 4.05. The molecule has 17 heavy (non-hydrogen) atoms. The Morgan fingerprint density at radius 3 is 2.71 bits per heavy atom. The molecule has 2 unspecified atom stereocenters. The monoisotopic (exact) mass is 232 g/mol. The zero-order valence-corrected chi connectivity index (χ0v) is 11.0. The molecule has 1 aromatic carbocycles. The van der Waals surface area contributed by atoms with Gasteiger partial charge in [-0.05, 0) is 35.9 Å². The van der Waals surface area contributed by atoms with Gasteiger partial charge in [-0.3, -0.25) is 4.90 Å². The minimum atomic E-state index is 0.640. The Bertz CT molecular complexity index is 362. The van der Waals surface area contributed by atoms with E-state index in [1.807, 2.05) is 0 Å². The molecule has 2 rings (SSSR count). The van der Waals surface area contributed by atoms with Crippen molar-refractivity contribution in [2.24, 2.45) is 17.6 Å². The molecule has 1 heterocycles. The summed E-state index contributed by atoms with van der Waals surface area (Å²) in [4.78, 5) is 2.57. The van der Waals surface area contributed by atoms with Gasteiger partial charge in [0.2, 0.25) is 0 Å². The van der Waals surface area contributed by atoms with Crippen molar-refractivity contribution in [2.45, 2.75) is 33.4 Å². The SMILES string of the molecule is CC1CCN(Cc2cccc(CN)c2)CC1C. The van der Waals surface area contributed by atoms with E-state index in [2.05, 4.69) is 43.0 Å². The van der Waals surface area contributed by atoms with Gasteiger partial charge < -0.3 is 5.73 Å². The van der Waals surface area contributed by atoms with Crippen molar-refractivity contribution in [2.75, 3.05) is 13.1 Å². The van der Waals surface area contributed by atoms with E-state index in [4.69, 9.17) is 5.73 Å². The fraction of sp³-hybridized carbons (Fsp3) is 0.600. The van der Waals surface area contributed by atoms with Gasteiger partial charge in [-0.15, -0.1) is 0 Å². The third kappa shape index (κ3) is 3.30. The lowest BCUT2D eigenvalue weighted by Gasteiger charge is -2.35. The molecule has 94 valence electrons. The van der Waals surface area contributed by atoms with E-state index >= 15 is 0 Å². The highest BCUT2D eigenvalue weighted by Crippen LogP contribution is 2.23. The van der Waals surface area contributed by atoms with E-state index in [-0.39, 0.29) is 0 Å². The normalized spacial score (nSPS) is 26.1. The standard InChI is InChI=1S/C15H24N2/c1-12-6-7-17(10-13(12)2)11-15-5-3-4-14(8-15)9-16/h3-5,8,12-13H,6-7,9-11,16H2,1-2H3. The maximum Gasteiger partial charge on any atom is 0.0233 e. The predicted molar refractivity (Wildman–Crippen MR) is 72.6 cm³/mol. The van der Waals surface area contributed by atoms with E-state index < -0.39 is 0 Å². The second-order valence-corrected chi connectivity index (χ2v) is 5.50. The van der Waals surface area contributed by atoms with Gasteiger partial charge in [-0.1, -0.05) is 38.1 Å². The zero-order chi connectivity index (χ0) is 12.3. The summed E-state index contributed by atoms with van der Waals surface area (Å²) in [6.45, 7) is 8.92. The summed E-state index contributed by atoms with van der Waals surface area (Å²) in [6, 6.07) is 8.67. The molecule has 2 heteroatoms. The summed E-state index contributed by atoms with van der Waals surface area (Å²) in [5.74, 6) is 1.70. The fourth-order valence-electron chi connectivity index (χ4n) is 2.61. The molecule has 2 atom stereocenters. The van der Waals surface area contributed by atoms with E-state index in [1.54, 1.807) is 0 Å². The van der Waals surface area contributed by atoms with E-state index in [0.717, 1.165) is 18.4 Å². The van der Waals surface area contributed by atoms with Gasteiger partial charge in [0.15, 0.2) is 0 Å². The van der Waals surface area contributed by atoms with Crippen LogP contribution in [0.15, 0.2) is 24.3 Å². The van der Waals surface area contributed by atoms with Gasteiger partial charge in [0.25, 0.3) is 0 Å². The largest absolute Gasteiger partial charge is 0.326 e. The van der Waals surface area contributed by atoms with Crippen LogP contribution < -0.4 is 5.73 Å². The summed E-state index contributed by atoms with van der Waals surface area (Å²) >= 11 is 0. The van der Waals surface area contributed by atoms with Crippen LogP contribution >= 0.6 is 0 Å². The summed E-state index contributed by atoms with van der Waals surface area (Å²) in [5, 5.41) is 0. The lowest BCUT2D eigenvalue weighted by molar-refractivity contribution is 0.132. The number of benzene rings is 1. The van der Waals surface area contributed by atoms with Gasteiger partial charge in [0, 0.05) is 19.6 Å². The van der Waals surface area contributed by atoms with Crippen molar-refractivity contribution in [1.82, 2.24) is 4.90 Å². The van der Waals surface area contributed by atoms with Crippen molar-refractivity contribution >= 4 is 0 Å². The van der Waals surface area contributed by atoms with Crippen LogP contribution in [0.4, 0.5) is 0 Å². The quantitative estimate of drug-likeness (QED) is 0.868. The Kier molecular flexibility index (Phi) is 4.19. The lowest BCUT2D eigenvalue weighted by Crippen LogP contribution is -2.37. The molecule has 2 N–H and O–H groups in total. The first-order chi connectivity index (χ1) is 8.19. The van der Waals surface area contributed by atoms with Crippen molar-refractivity contribution in [1.29, 1.82) is 0 Å². The maximum absolute atomic E-state index is 5.68. The van der Waals surface area contributed by atoms with E-state index in [1.165, 1.54) is 30.6 Å². The molecule has 1 saturated heterocycles. The molecule has 0 aromatic heterocycles. The minimum absolute atomic E-state index is 0.640. The van der Waals surface area contributed by atoms with Crippen molar-refractivity contribution < 1.29 is 0 Å². The van der Waals surface area contributed by atoms with Crippen LogP contribution in [0.25, 0.3) is 0 Å². The van der Waals surface area contributed by atoms with Crippen molar-refractivity contribution in [3.05, 3.63) is 35.4 Å². The molecule has 2 nitrogen and oxygen atoms in total. The van der Waals surface area contributed by atoms with Crippen LogP contribution in [0.1, 0.15) is 31.4 Å². The number of likely N-dealkylation sites (tertiary alicyclic amines) is 1. The summed E-state index contributed by atoms with van der Waals surface area (Å²) in [5.41, 5.74) is 8.31. The summed E-state index contributed by atoms with van der Waals surface area (Å²) in [7, 11) is 0. The van der Waals surface area contributed by atoms with Crippen LogP contribution in [0.5, 0.6) is 0 Å². The Hall–Kier alpha value is -0.860. The first-order valence-electron chi connectivity index (χ1n) is 6.69. The number of piperidine rings is 1. The highest BCUT2D eigenvalue weighted by Gasteiger charge is 2.22. The Balaban J connectivity index is 1.96. The topological polar surface area (TPSA) is 29.3 Å². The van der Waals surface area contributed by atoms with Crippen LogP contribution in [-0.2, 0) is 13.1 Å². The summed E-state index contributed by atoms with van der Waals surface area (Å²) in [6.07, 6.45) is 1.33. The number of nitrogens with zero attached hydrogens (tertiary/aromatic N) is 1. The molecule has 1 aliphatic heterocycles. The average Bonchev–Trinajstić information content (AvgIpc) is 2.34. The first kappa shape index (κ1) is 12.6. The molecule has 0 bridgehead atoms. The summed E-state index contributed by atoms with van der Waals surface area (Å²) < 4.78 is 0. The van der Waals surface area contributed by atoms with Gasteiger partial charge in [0.05, 0.1) is 0 Å². The Morgan fingerprint density at radius 1 is 1.24 bits per heavy atom. The van der Waals surface area contributed by atoms with Gasteiger partial charge in [-0.2, -0.15) is 0 Å². The molecule has 1 aliphatic rings. The van der Waals surface area contributed by atoms with Crippen LogP contribution in [0.2, 0.25) is 0 Å². The Labute approximate surface area is 105 Å². The van der Waals surface area contributed by atoms with E-state index in [0.29, 0.717) is 6.54 Å². The van der Waals surface area contributed by atoms with Crippen molar-refractivity contribution in [3.8, 4) is 0 Å². The zero-order valence-electron chi connectivity index (χ0n) is 11.0. The lowest BCUT2D eigenvalue weighted by atomic mass is 9.88. The first-order valence-corrected chi connectivity index (χ1v) is 6.69. The Morgan fingerprint density at radius 2 is 2.00 bits per heavy atom. The highest BCUT2D eigenvalue weighted by atomic mass is 15.1. The molecular weight excluding hydrogens is 208 g/mol. The smallest absolute Gasteiger partial charge is 0.0233 e. The van der Waals surface area contributed by atoms with E-state index in [9.17, 15) is 0 Å². The number of hydrogen-bond donors (Lipinski definition) is 1. The van der Waals surface area contributed by atoms with Gasteiger partial charge in [0.1, 0.15) is 0 Å². The molecule has 0 aliphatic carbocycles. The van der Waals surface area contributed by atoms with Crippen molar-refractivity contribution in [3.63, 3.8) is 0 Å². The molecule has 0 saturated carbocycles. The second kappa shape index (κ2) is 5.65. The van der Waals surface area contributed by atoms with Gasteiger partial charge >= 0.3 is 0 Å². The molecular formula is C15H24N2. The average molecular weight is 232 g/mol. The third-order valence-electron chi connectivity index (χ3n) is 4.05. The molecule has 0 radical (unpaired) electrons. The molecule has 0 amide bonds. The maximum atomic E-state index is 5.68.